The van der Waals surface area contributed by atoms with Gasteiger partial charge in [0.05, 0.1) is 7.11 Å². The van der Waals surface area contributed by atoms with E-state index in [0.29, 0.717) is 25.1 Å². The first-order chi connectivity index (χ1) is 12.1. The number of esters is 1. The quantitative estimate of drug-likeness (QED) is 0.868. The van der Waals surface area contributed by atoms with Gasteiger partial charge in [0, 0.05) is 25.7 Å². The highest BCUT2D eigenvalue weighted by molar-refractivity contribution is 5.93. The summed E-state index contributed by atoms with van der Waals surface area (Å²) in [6.07, 6.45) is 0.652. The molecule has 0 saturated heterocycles. The standard InChI is InChI=1S/C20H22N2O3/c1-21-19(23)15-9-7-14(8-10-15)12-22-13-17-6-4-3-5-16(17)11-18(22)20(24)25-2/h3-10,18H,11-13H2,1-2H3,(H,21,23)/t18-/m0/s1. The zero-order chi connectivity index (χ0) is 17.8. The second-order valence-electron chi connectivity index (χ2n) is 6.19. The maximum Gasteiger partial charge on any atom is 0.323 e. The number of methoxy groups -OCH3 is 1. The third-order valence-corrected chi connectivity index (χ3v) is 4.65. The van der Waals surface area contributed by atoms with Crippen molar-refractivity contribution in [1.29, 1.82) is 0 Å². The Morgan fingerprint density at radius 2 is 1.80 bits per heavy atom. The lowest BCUT2D eigenvalue weighted by Gasteiger charge is -2.35. The van der Waals surface area contributed by atoms with Crippen LogP contribution in [0.5, 0.6) is 0 Å². The second-order valence-corrected chi connectivity index (χ2v) is 6.19. The van der Waals surface area contributed by atoms with Crippen molar-refractivity contribution in [2.75, 3.05) is 14.2 Å². The lowest BCUT2D eigenvalue weighted by molar-refractivity contribution is -0.148. The molecule has 1 aliphatic rings. The van der Waals surface area contributed by atoms with E-state index >= 15 is 0 Å². The molecule has 1 heterocycles. The van der Waals surface area contributed by atoms with E-state index in [2.05, 4.69) is 22.3 Å². The zero-order valence-corrected chi connectivity index (χ0v) is 14.5. The van der Waals surface area contributed by atoms with Crippen molar-refractivity contribution in [3.8, 4) is 0 Å². The summed E-state index contributed by atoms with van der Waals surface area (Å²) in [6, 6.07) is 15.4. The molecule has 2 aromatic rings. The van der Waals surface area contributed by atoms with E-state index in [1.54, 1.807) is 19.2 Å². The van der Waals surface area contributed by atoms with Gasteiger partial charge in [-0.3, -0.25) is 14.5 Å². The van der Waals surface area contributed by atoms with Crippen LogP contribution in [0.15, 0.2) is 48.5 Å². The van der Waals surface area contributed by atoms with Crippen molar-refractivity contribution in [1.82, 2.24) is 10.2 Å². The summed E-state index contributed by atoms with van der Waals surface area (Å²) in [5.41, 5.74) is 4.12. The van der Waals surface area contributed by atoms with E-state index in [1.165, 1.54) is 18.2 Å². The van der Waals surface area contributed by atoms with Gasteiger partial charge in [-0.25, -0.2) is 0 Å². The number of rotatable bonds is 4. The van der Waals surface area contributed by atoms with E-state index in [-0.39, 0.29) is 17.9 Å². The van der Waals surface area contributed by atoms with Gasteiger partial charge >= 0.3 is 5.97 Å². The Morgan fingerprint density at radius 1 is 1.12 bits per heavy atom. The normalized spacial score (nSPS) is 16.8. The summed E-state index contributed by atoms with van der Waals surface area (Å²) in [5, 5.41) is 2.61. The molecule has 0 fully saturated rings. The predicted octanol–water partition coefficient (Wildman–Crippen LogP) is 2.15. The van der Waals surface area contributed by atoms with Crippen LogP contribution in [0, 0.1) is 0 Å². The van der Waals surface area contributed by atoms with Gasteiger partial charge in [0.2, 0.25) is 0 Å². The third kappa shape index (κ3) is 3.72. The van der Waals surface area contributed by atoms with Crippen LogP contribution in [-0.4, -0.2) is 37.0 Å². The molecule has 0 aliphatic carbocycles. The van der Waals surface area contributed by atoms with Gasteiger partial charge in [-0.1, -0.05) is 36.4 Å². The molecule has 0 radical (unpaired) electrons. The number of carbonyl (C=O) groups excluding carboxylic acids is 2. The number of nitrogens with zero attached hydrogens (tertiary/aromatic N) is 1. The number of benzene rings is 2. The van der Waals surface area contributed by atoms with Gasteiger partial charge in [-0.15, -0.1) is 0 Å². The molecule has 5 nitrogen and oxygen atoms in total. The molecule has 25 heavy (non-hydrogen) atoms. The van der Waals surface area contributed by atoms with Crippen LogP contribution in [-0.2, 0) is 29.0 Å². The predicted molar refractivity (Wildman–Crippen MR) is 95.0 cm³/mol. The second kappa shape index (κ2) is 7.49. The molecule has 0 spiro atoms. The van der Waals surface area contributed by atoms with E-state index in [4.69, 9.17) is 4.74 Å². The van der Waals surface area contributed by atoms with Crippen molar-refractivity contribution in [3.63, 3.8) is 0 Å². The molecule has 1 amide bonds. The molecule has 5 heteroatoms. The Kier molecular flexibility index (Phi) is 5.14. The molecule has 3 rings (SSSR count). The first kappa shape index (κ1) is 17.2. The van der Waals surface area contributed by atoms with Gasteiger partial charge in [-0.05, 0) is 35.2 Å². The van der Waals surface area contributed by atoms with Crippen LogP contribution < -0.4 is 5.32 Å². The number of carbonyl (C=O) groups is 2. The average molecular weight is 338 g/mol. The molecular weight excluding hydrogens is 316 g/mol. The highest BCUT2D eigenvalue weighted by atomic mass is 16.5. The SMILES string of the molecule is CNC(=O)c1ccc(CN2Cc3ccccc3C[C@H]2C(=O)OC)cc1. The summed E-state index contributed by atoms with van der Waals surface area (Å²) in [7, 11) is 3.04. The van der Waals surface area contributed by atoms with Gasteiger partial charge in [0.1, 0.15) is 6.04 Å². The highest BCUT2D eigenvalue weighted by Crippen LogP contribution is 2.25. The van der Waals surface area contributed by atoms with Crippen molar-refractivity contribution in [2.24, 2.45) is 0 Å². The Bertz CT molecular complexity index is 771. The molecule has 1 aliphatic heterocycles. The van der Waals surface area contributed by atoms with Crippen LogP contribution in [0.1, 0.15) is 27.0 Å². The first-order valence-electron chi connectivity index (χ1n) is 8.32. The molecule has 130 valence electrons. The van der Waals surface area contributed by atoms with Crippen LogP contribution in [0.2, 0.25) is 0 Å². The number of fused-ring (bicyclic) bond motifs is 1. The summed E-state index contributed by atoms with van der Waals surface area (Å²) < 4.78 is 5.00. The van der Waals surface area contributed by atoms with Crippen molar-refractivity contribution < 1.29 is 14.3 Å². The van der Waals surface area contributed by atoms with Crippen LogP contribution in [0.4, 0.5) is 0 Å². The maximum atomic E-state index is 12.2. The molecule has 0 saturated carbocycles. The Balaban J connectivity index is 1.81. The van der Waals surface area contributed by atoms with Crippen LogP contribution >= 0.6 is 0 Å². The Labute approximate surface area is 147 Å². The fourth-order valence-electron chi connectivity index (χ4n) is 3.25. The number of amides is 1. The Morgan fingerprint density at radius 3 is 2.44 bits per heavy atom. The van der Waals surface area contributed by atoms with Gasteiger partial charge in [0.25, 0.3) is 5.91 Å². The molecular formula is C20H22N2O3. The van der Waals surface area contributed by atoms with E-state index in [1.807, 2.05) is 24.3 Å². The van der Waals surface area contributed by atoms with E-state index in [9.17, 15) is 9.59 Å². The average Bonchev–Trinajstić information content (AvgIpc) is 2.66. The molecule has 0 bridgehead atoms. The maximum absolute atomic E-state index is 12.2. The number of hydrogen-bond donors (Lipinski definition) is 1. The van der Waals surface area contributed by atoms with Gasteiger partial charge in [0.15, 0.2) is 0 Å². The minimum absolute atomic E-state index is 0.106. The summed E-state index contributed by atoms with van der Waals surface area (Å²) in [6.45, 7) is 1.33. The van der Waals surface area contributed by atoms with Crippen molar-refractivity contribution in [3.05, 3.63) is 70.8 Å². The monoisotopic (exact) mass is 338 g/mol. The lowest BCUT2D eigenvalue weighted by Crippen LogP contribution is -2.45. The first-order valence-corrected chi connectivity index (χ1v) is 8.32. The molecule has 2 aromatic carbocycles. The van der Waals surface area contributed by atoms with E-state index < -0.39 is 0 Å². The summed E-state index contributed by atoms with van der Waals surface area (Å²) >= 11 is 0. The zero-order valence-electron chi connectivity index (χ0n) is 14.5. The summed E-state index contributed by atoms with van der Waals surface area (Å²) in [4.78, 5) is 26.0. The molecule has 0 unspecified atom stereocenters. The Hall–Kier alpha value is -2.66. The highest BCUT2D eigenvalue weighted by Gasteiger charge is 2.32. The minimum Gasteiger partial charge on any atom is -0.468 e. The molecule has 1 atom stereocenters. The van der Waals surface area contributed by atoms with Crippen LogP contribution in [0.3, 0.4) is 0 Å². The van der Waals surface area contributed by atoms with Gasteiger partial charge < -0.3 is 10.1 Å². The number of hydrogen-bond acceptors (Lipinski definition) is 4. The van der Waals surface area contributed by atoms with E-state index in [0.717, 1.165) is 5.56 Å². The smallest absolute Gasteiger partial charge is 0.323 e. The fraction of sp³-hybridized carbons (Fsp3) is 0.300. The number of ether oxygens (including phenoxy) is 1. The topological polar surface area (TPSA) is 58.6 Å². The summed E-state index contributed by atoms with van der Waals surface area (Å²) in [5.74, 6) is -0.317. The minimum atomic E-state index is -0.293. The lowest BCUT2D eigenvalue weighted by atomic mass is 9.93. The molecule has 1 N–H and O–H groups in total. The van der Waals surface area contributed by atoms with Crippen molar-refractivity contribution in [2.45, 2.75) is 25.6 Å². The number of nitrogens with one attached hydrogen (secondary N) is 1. The molecule has 0 aromatic heterocycles. The van der Waals surface area contributed by atoms with Gasteiger partial charge in [-0.2, -0.15) is 0 Å². The van der Waals surface area contributed by atoms with Crippen LogP contribution in [0.25, 0.3) is 0 Å². The van der Waals surface area contributed by atoms with Crippen molar-refractivity contribution >= 4 is 11.9 Å². The third-order valence-electron chi connectivity index (χ3n) is 4.65. The fourth-order valence-corrected chi connectivity index (χ4v) is 3.25. The largest absolute Gasteiger partial charge is 0.468 e.